The van der Waals surface area contributed by atoms with Gasteiger partial charge in [-0.05, 0) is 32.9 Å². The van der Waals surface area contributed by atoms with Crippen molar-refractivity contribution in [2.24, 2.45) is 0 Å². The lowest BCUT2D eigenvalue weighted by molar-refractivity contribution is 0.261. The van der Waals surface area contributed by atoms with Gasteiger partial charge in [0.05, 0.1) is 18.0 Å². The fourth-order valence-electron chi connectivity index (χ4n) is 2.85. The number of ether oxygens (including phenoxy) is 1. The highest BCUT2D eigenvalue weighted by Gasteiger charge is 2.23. The van der Waals surface area contributed by atoms with Crippen molar-refractivity contribution in [1.82, 2.24) is 19.7 Å². The van der Waals surface area contributed by atoms with Crippen LogP contribution in [0.4, 0.5) is 16.3 Å². The van der Waals surface area contributed by atoms with Crippen LogP contribution in [0.15, 0.2) is 35.1 Å². The van der Waals surface area contributed by atoms with Crippen molar-refractivity contribution in [2.75, 3.05) is 17.2 Å². The summed E-state index contributed by atoms with van der Waals surface area (Å²) in [6.07, 6.45) is 0. The van der Waals surface area contributed by atoms with Crippen LogP contribution in [-0.4, -0.2) is 32.4 Å². The molecule has 9 nitrogen and oxygen atoms in total. The van der Waals surface area contributed by atoms with Gasteiger partial charge in [0.15, 0.2) is 0 Å². The number of carbonyl (C=O) groups excluding carboxylic acids is 1. The zero-order valence-electron chi connectivity index (χ0n) is 18.7. The molecule has 31 heavy (non-hydrogen) atoms. The van der Waals surface area contributed by atoms with Gasteiger partial charge in [0.2, 0.25) is 5.95 Å². The third-order valence-electron chi connectivity index (χ3n) is 4.74. The summed E-state index contributed by atoms with van der Waals surface area (Å²) in [5.41, 5.74) is 1.87. The molecule has 0 atom stereocenters. The van der Waals surface area contributed by atoms with Gasteiger partial charge in [-0.1, -0.05) is 32.9 Å². The molecular weight excluding hydrogens is 396 g/mol. The van der Waals surface area contributed by atoms with E-state index in [0.717, 1.165) is 5.69 Å². The van der Waals surface area contributed by atoms with Gasteiger partial charge in [-0.2, -0.15) is 9.78 Å². The Morgan fingerprint density at radius 1 is 1.19 bits per heavy atom. The van der Waals surface area contributed by atoms with Crippen LogP contribution in [-0.2, 0) is 5.41 Å². The predicted octanol–water partition coefficient (Wildman–Crippen LogP) is 3.91. The maximum absolute atomic E-state index is 12.8. The molecule has 1 aromatic carbocycles. The minimum absolute atomic E-state index is 0.230. The van der Waals surface area contributed by atoms with Gasteiger partial charge in [0, 0.05) is 22.7 Å². The Hall–Kier alpha value is -3.62. The molecule has 0 aliphatic carbocycles. The van der Waals surface area contributed by atoms with Gasteiger partial charge in [-0.15, -0.1) is 0 Å². The van der Waals surface area contributed by atoms with Crippen molar-refractivity contribution in [3.63, 3.8) is 0 Å². The van der Waals surface area contributed by atoms with E-state index >= 15 is 0 Å². The number of anilines is 2. The van der Waals surface area contributed by atoms with Crippen LogP contribution in [0, 0.1) is 13.8 Å². The Labute approximate surface area is 180 Å². The van der Waals surface area contributed by atoms with E-state index in [0.29, 0.717) is 35.1 Å². The summed E-state index contributed by atoms with van der Waals surface area (Å²) in [7, 11) is 0. The SMILES string of the molecule is CCOc1ccccc1NC(=O)Nc1cc(C(C)(C)C)nn1-c1nc(C)c(C)c(=O)[nH]1. The molecule has 0 saturated heterocycles. The first-order chi connectivity index (χ1) is 14.6. The molecule has 0 radical (unpaired) electrons. The van der Waals surface area contributed by atoms with Crippen LogP contribution in [0.25, 0.3) is 5.95 Å². The van der Waals surface area contributed by atoms with Gasteiger partial charge in [0.1, 0.15) is 11.6 Å². The van der Waals surface area contributed by atoms with Crippen molar-refractivity contribution in [3.05, 3.63) is 57.6 Å². The molecule has 2 heterocycles. The summed E-state index contributed by atoms with van der Waals surface area (Å²) >= 11 is 0. The quantitative estimate of drug-likeness (QED) is 0.574. The van der Waals surface area contributed by atoms with E-state index in [-0.39, 0.29) is 16.9 Å². The average Bonchev–Trinajstić information content (AvgIpc) is 3.11. The normalized spacial score (nSPS) is 11.3. The molecule has 0 unspecified atom stereocenters. The van der Waals surface area contributed by atoms with E-state index in [9.17, 15) is 9.59 Å². The molecule has 3 aromatic rings. The van der Waals surface area contributed by atoms with Gasteiger partial charge in [-0.3, -0.25) is 15.1 Å². The zero-order valence-corrected chi connectivity index (χ0v) is 18.7. The van der Waals surface area contributed by atoms with Crippen LogP contribution in [0.1, 0.15) is 44.6 Å². The monoisotopic (exact) mass is 424 g/mol. The molecule has 2 amide bonds. The molecule has 164 valence electrons. The lowest BCUT2D eigenvalue weighted by Gasteiger charge is -2.14. The number of hydrogen-bond donors (Lipinski definition) is 3. The molecule has 0 saturated carbocycles. The second kappa shape index (κ2) is 8.63. The molecule has 2 aromatic heterocycles. The molecule has 3 N–H and O–H groups in total. The number of nitrogens with zero attached hydrogens (tertiary/aromatic N) is 3. The number of urea groups is 1. The Morgan fingerprint density at radius 2 is 1.90 bits per heavy atom. The molecule has 0 aliphatic heterocycles. The summed E-state index contributed by atoms with van der Waals surface area (Å²) in [6, 6.07) is 8.48. The molecular formula is C22H28N6O3. The first-order valence-corrected chi connectivity index (χ1v) is 10.1. The van der Waals surface area contributed by atoms with E-state index in [1.165, 1.54) is 4.68 Å². The van der Waals surface area contributed by atoms with E-state index in [1.807, 2.05) is 39.8 Å². The highest BCUT2D eigenvalue weighted by molar-refractivity contribution is 6.00. The third kappa shape index (κ3) is 4.93. The standard InChI is InChI=1S/C22H28N6O3/c1-7-31-16-11-9-8-10-15(16)24-21(30)25-18-12-17(22(4,5)6)27-28(18)20-23-14(3)13(2)19(29)26-20/h8-12H,7H2,1-6H3,(H,23,26,29)(H2,24,25,30). The van der Waals surface area contributed by atoms with Gasteiger partial charge in [-0.25, -0.2) is 9.78 Å². The number of aromatic amines is 1. The van der Waals surface area contributed by atoms with E-state index in [2.05, 4.69) is 25.7 Å². The van der Waals surface area contributed by atoms with E-state index in [4.69, 9.17) is 4.74 Å². The lowest BCUT2D eigenvalue weighted by atomic mass is 9.92. The van der Waals surface area contributed by atoms with Crippen molar-refractivity contribution in [3.8, 4) is 11.7 Å². The number of aromatic nitrogens is 4. The van der Waals surface area contributed by atoms with Crippen LogP contribution in [0.5, 0.6) is 5.75 Å². The Bertz CT molecular complexity index is 1160. The molecule has 0 spiro atoms. The highest BCUT2D eigenvalue weighted by atomic mass is 16.5. The summed E-state index contributed by atoms with van der Waals surface area (Å²) < 4.78 is 6.99. The highest BCUT2D eigenvalue weighted by Crippen LogP contribution is 2.27. The number of nitrogens with one attached hydrogen (secondary N) is 3. The fourth-order valence-corrected chi connectivity index (χ4v) is 2.85. The number of hydrogen-bond acceptors (Lipinski definition) is 5. The molecule has 0 aliphatic rings. The lowest BCUT2D eigenvalue weighted by Crippen LogP contribution is -2.23. The summed E-state index contributed by atoms with van der Waals surface area (Å²) in [5.74, 6) is 1.18. The predicted molar refractivity (Wildman–Crippen MR) is 120 cm³/mol. The summed E-state index contributed by atoms with van der Waals surface area (Å²) in [5, 5.41) is 10.2. The second-order valence-electron chi connectivity index (χ2n) is 8.18. The Kier molecular flexibility index (Phi) is 6.14. The number of carbonyl (C=O) groups is 1. The van der Waals surface area contributed by atoms with Crippen molar-refractivity contribution in [2.45, 2.75) is 47.0 Å². The molecule has 9 heteroatoms. The van der Waals surface area contributed by atoms with E-state index < -0.39 is 6.03 Å². The average molecular weight is 425 g/mol. The van der Waals surface area contributed by atoms with Crippen LogP contribution >= 0.6 is 0 Å². The number of benzene rings is 1. The van der Waals surface area contributed by atoms with Gasteiger partial charge in [0.25, 0.3) is 5.56 Å². The number of rotatable bonds is 5. The van der Waals surface area contributed by atoms with E-state index in [1.54, 1.807) is 32.0 Å². The molecule has 0 bridgehead atoms. The number of para-hydroxylation sites is 2. The fraction of sp³-hybridized carbons (Fsp3) is 0.364. The van der Waals surface area contributed by atoms with Crippen LogP contribution in [0.3, 0.4) is 0 Å². The van der Waals surface area contributed by atoms with Crippen molar-refractivity contribution < 1.29 is 9.53 Å². The van der Waals surface area contributed by atoms with Crippen molar-refractivity contribution >= 4 is 17.5 Å². The largest absolute Gasteiger partial charge is 0.492 e. The zero-order chi connectivity index (χ0) is 22.8. The molecule has 3 rings (SSSR count). The smallest absolute Gasteiger partial charge is 0.324 e. The summed E-state index contributed by atoms with van der Waals surface area (Å²) in [4.78, 5) is 32.2. The second-order valence-corrected chi connectivity index (χ2v) is 8.18. The summed E-state index contributed by atoms with van der Waals surface area (Å²) in [6.45, 7) is 11.9. The minimum atomic E-state index is -0.472. The maximum atomic E-state index is 12.8. The first kappa shape index (κ1) is 22.1. The number of aryl methyl sites for hydroxylation is 1. The molecule has 0 fully saturated rings. The third-order valence-corrected chi connectivity index (χ3v) is 4.74. The number of amides is 2. The van der Waals surface area contributed by atoms with Gasteiger partial charge >= 0.3 is 6.03 Å². The topological polar surface area (TPSA) is 114 Å². The van der Waals surface area contributed by atoms with Crippen LogP contribution < -0.4 is 20.9 Å². The van der Waals surface area contributed by atoms with Crippen molar-refractivity contribution in [1.29, 1.82) is 0 Å². The number of H-pyrrole nitrogens is 1. The maximum Gasteiger partial charge on any atom is 0.324 e. The Morgan fingerprint density at radius 3 is 2.55 bits per heavy atom. The first-order valence-electron chi connectivity index (χ1n) is 10.1. The minimum Gasteiger partial charge on any atom is -0.492 e. The Balaban J connectivity index is 1.96. The van der Waals surface area contributed by atoms with Crippen LogP contribution in [0.2, 0.25) is 0 Å². The van der Waals surface area contributed by atoms with Gasteiger partial charge < -0.3 is 10.1 Å².